The van der Waals surface area contributed by atoms with Gasteiger partial charge in [-0.05, 0) is 56.5 Å². The number of nitrogens with zero attached hydrogens (tertiary/aromatic N) is 4. The SMILES string of the molecule is CCC(=O)N1CCC(N(C)c2cncc(N3C(=O)c4ccc(Cl)cc4C3(C)C)c2)CC1. The molecule has 2 aromatic rings. The molecule has 4 rings (SSSR count). The Morgan fingerprint density at radius 3 is 2.61 bits per heavy atom. The fourth-order valence-corrected chi connectivity index (χ4v) is 4.98. The maximum absolute atomic E-state index is 13.2. The fraction of sp³-hybridized carbons (Fsp3) is 0.458. The van der Waals surface area contributed by atoms with Crippen LogP contribution in [0.15, 0.2) is 36.7 Å². The smallest absolute Gasteiger partial charge is 0.259 e. The monoisotopic (exact) mass is 440 g/mol. The molecule has 3 heterocycles. The number of benzene rings is 1. The minimum Gasteiger partial charge on any atom is -0.370 e. The van der Waals surface area contributed by atoms with Crippen LogP contribution in [0, 0.1) is 0 Å². The van der Waals surface area contributed by atoms with E-state index in [0.717, 1.165) is 42.9 Å². The molecule has 2 amide bonds. The zero-order valence-electron chi connectivity index (χ0n) is 18.6. The molecule has 0 unspecified atom stereocenters. The maximum atomic E-state index is 13.2. The Balaban J connectivity index is 1.57. The maximum Gasteiger partial charge on any atom is 0.259 e. The molecule has 0 N–H and O–H groups in total. The van der Waals surface area contributed by atoms with Crippen molar-refractivity contribution in [2.24, 2.45) is 0 Å². The number of hydrogen-bond acceptors (Lipinski definition) is 4. The lowest BCUT2D eigenvalue weighted by molar-refractivity contribution is -0.131. The molecule has 1 fully saturated rings. The highest BCUT2D eigenvalue weighted by molar-refractivity contribution is 6.31. The Bertz CT molecular complexity index is 1010. The second kappa shape index (κ2) is 8.15. The number of piperidine rings is 1. The zero-order chi connectivity index (χ0) is 22.3. The van der Waals surface area contributed by atoms with Crippen molar-refractivity contribution in [1.29, 1.82) is 0 Å². The Labute approximate surface area is 188 Å². The molecule has 1 saturated heterocycles. The first-order chi connectivity index (χ1) is 14.7. The van der Waals surface area contributed by atoms with Gasteiger partial charge in [-0.25, -0.2) is 0 Å². The van der Waals surface area contributed by atoms with Crippen molar-refractivity contribution in [3.05, 3.63) is 52.8 Å². The quantitative estimate of drug-likeness (QED) is 0.703. The molecule has 1 aromatic carbocycles. The third-order valence-electron chi connectivity index (χ3n) is 6.68. The van der Waals surface area contributed by atoms with Gasteiger partial charge in [0.15, 0.2) is 0 Å². The first-order valence-electron chi connectivity index (χ1n) is 10.8. The van der Waals surface area contributed by atoms with E-state index in [9.17, 15) is 9.59 Å². The van der Waals surface area contributed by atoms with Crippen LogP contribution in [0.2, 0.25) is 5.02 Å². The Morgan fingerprint density at radius 1 is 1.23 bits per heavy atom. The van der Waals surface area contributed by atoms with E-state index in [-0.39, 0.29) is 11.8 Å². The molecule has 6 nitrogen and oxygen atoms in total. The number of aromatic nitrogens is 1. The number of anilines is 2. The average Bonchev–Trinajstić information content (AvgIpc) is 2.97. The predicted molar refractivity (Wildman–Crippen MR) is 124 cm³/mol. The average molecular weight is 441 g/mol. The van der Waals surface area contributed by atoms with Crippen molar-refractivity contribution < 1.29 is 9.59 Å². The second-order valence-corrected chi connectivity index (χ2v) is 9.30. The number of pyridine rings is 1. The van der Waals surface area contributed by atoms with Crippen LogP contribution in [0.25, 0.3) is 0 Å². The molecule has 2 aliphatic heterocycles. The van der Waals surface area contributed by atoms with Gasteiger partial charge in [-0.15, -0.1) is 0 Å². The van der Waals surface area contributed by atoms with Crippen molar-refractivity contribution in [3.8, 4) is 0 Å². The third-order valence-corrected chi connectivity index (χ3v) is 6.91. The highest BCUT2D eigenvalue weighted by atomic mass is 35.5. The number of fused-ring (bicyclic) bond motifs is 1. The summed E-state index contributed by atoms with van der Waals surface area (Å²) in [5.74, 6) is 0.184. The van der Waals surface area contributed by atoms with Gasteiger partial charge < -0.3 is 9.80 Å². The van der Waals surface area contributed by atoms with E-state index in [2.05, 4.69) is 16.9 Å². The van der Waals surface area contributed by atoms with Crippen molar-refractivity contribution in [2.75, 3.05) is 29.9 Å². The van der Waals surface area contributed by atoms with Crippen molar-refractivity contribution in [2.45, 2.75) is 51.6 Å². The van der Waals surface area contributed by atoms with Crippen LogP contribution in [0.4, 0.5) is 11.4 Å². The lowest BCUT2D eigenvalue weighted by Gasteiger charge is -2.38. The Morgan fingerprint density at radius 2 is 1.94 bits per heavy atom. The second-order valence-electron chi connectivity index (χ2n) is 8.87. The standard InChI is InChI=1S/C24H29ClN4O2/c1-5-22(30)28-10-8-17(9-11-28)27(4)18-13-19(15-26-14-18)29-23(31)20-7-6-16(25)12-21(20)24(29,2)3/h6-7,12-15,17H,5,8-11H2,1-4H3. The molecule has 31 heavy (non-hydrogen) atoms. The molecule has 0 saturated carbocycles. The fourth-order valence-electron chi connectivity index (χ4n) is 4.81. The van der Waals surface area contributed by atoms with Crippen LogP contribution < -0.4 is 9.80 Å². The molecular weight excluding hydrogens is 412 g/mol. The highest BCUT2D eigenvalue weighted by Gasteiger charge is 2.44. The molecule has 164 valence electrons. The van der Waals surface area contributed by atoms with Gasteiger partial charge in [-0.1, -0.05) is 18.5 Å². The summed E-state index contributed by atoms with van der Waals surface area (Å²) in [7, 11) is 2.06. The normalized spacial score (nSPS) is 18.3. The van der Waals surface area contributed by atoms with Crippen LogP contribution in [0.1, 0.15) is 56.0 Å². The number of carbonyl (C=O) groups is 2. The third kappa shape index (κ3) is 3.78. The first-order valence-corrected chi connectivity index (χ1v) is 11.2. The summed E-state index contributed by atoms with van der Waals surface area (Å²) in [5.41, 5.74) is 2.82. The predicted octanol–water partition coefficient (Wildman–Crippen LogP) is 4.47. The zero-order valence-corrected chi connectivity index (χ0v) is 19.3. The van der Waals surface area contributed by atoms with Crippen LogP contribution in [-0.4, -0.2) is 47.9 Å². The molecule has 1 aromatic heterocycles. The number of carbonyl (C=O) groups excluding carboxylic acids is 2. The summed E-state index contributed by atoms with van der Waals surface area (Å²) in [6.07, 6.45) is 5.98. The highest BCUT2D eigenvalue weighted by Crippen LogP contribution is 2.43. The largest absolute Gasteiger partial charge is 0.370 e. The van der Waals surface area contributed by atoms with Gasteiger partial charge in [0.1, 0.15) is 0 Å². The van der Waals surface area contributed by atoms with E-state index >= 15 is 0 Å². The van der Waals surface area contributed by atoms with Crippen molar-refractivity contribution >= 4 is 34.8 Å². The molecule has 0 radical (unpaired) electrons. The van der Waals surface area contributed by atoms with E-state index in [1.807, 2.05) is 44.0 Å². The van der Waals surface area contributed by atoms with Gasteiger partial charge in [-0.3, -0.25) is 19.5 Å². The van der Waals surface area contributed by atoms with Gasteiger partial charge in [0.05, 0.1) is 29.3 Å². The lowest BCUT2D eigenvalue weighted by atomic mass is 9.93. The molecule has 0 spiro atoms. The van der Waals surface area contributed by atoms with E-state index in [0.29, 0.717) is 23.0 Å². The minimum absolute atomic E-state index is 0.0374. The molecule has 0 aliphatic carbocycles. The molecule has 7 heteroatoms. The van der Waals surface area contributed by atoms with E-state index in [1.54, 1.807) is 23.2 Å². The summed E-state index contributed by atoms with van der Waals surface area (Å²) >= 11 is 6.21. The Hall–Kier alpha value is -2.60. The van der Waals surface area contributed by atoms with Gasteiger partial charge in [0, 0.05) is 43.2 Å². The summed E-state index contributed by atoms with van der Waals surface area (Å²) < 4.78 is 0. The van der Waals surface area contributed by atoms with Crippen molar-refractivity contribution in [1.82, 2.24) is 9.88 Å². The van der Waals surface area contributed by atoms with Gasteiger partial charge >= 0.3 is 0 Å². The minimum atomic E-state index is -0.526. The van der Waals surface area contributed by atoms with Gasteiger partial charge in [0.2, 0.25) is 5.91 Å². The van der Waals surface area contributed by atoms with Crippen LogP contribution in [0.5, 0.6) is 0 Å². The number of hydrogen-bond donors (Lipinski definition) is 0. The number of rotatable bonds is 4. The Kier molecular flexibility index (Phi) is 5.69. The molecule has 2 aliphatic rings. The number of halogens is 1. The summed E-state index contributed by atoms with van der Waals surface area (Å²) in [6.45, 7) is 7.53. The van der Waals surface area contributed by atoms with Crippen LogP contribution in [0.3, 0.4) is 0 Å². The number of likely N-dealkylation sites (tertiary alicyclic amines) is 1. The summed E-state index contributed by atoms with van der Waals surface area (Å²) in [4.78, 5) is 35.6. The van der Waals surface area contributed by atoms with Crippen molar-refractivity contribution in [3.63, 3.8) is 0 Å². The van der Waals surface area contributed by atoms with Gasteiger partial charge in [0.25, 0.3) is 5.91 Å². The first kappa shape index (κ1) is 21.6. The molecule has 0 bridgehead atoms. The van der Waals surface area contributed by atoms with E-state index < -0.39 is 5.54 Å². The summed E-state index contributed by atoms with van der Waals surface area (Å²) in [5, 5.41) is 0.626. The van der Waals surface area contributed by atoms with E-state index in [4.69, 9.17) is 11.6 Å². The van der Waals surface area contributed by atoms with Gasteiger partial charge in [-0.2, -0.15) is 0 Å². The molecule has 0 atom stereocenters. The summed E-state index contributed by atoms with van der Waals surface area (Å²) in [6, 6.07) is 7.80. The van der Waals surface area contributed by atoms with Crippen LogP contribution >= 0.6 is 11.6 Å². The molecular formula is C24H29ClN4O2. The lowest BCUT2D eigenvalue weighted by Crippen LogP contribution is -2.45. The number of amides is 2. The van der Waals surface area contributed by atoms with E-state index in [1.165, 1.54) is 0 Å². The van der Waals surface area contributed by atoms with Crippen LogP contribution in [-0.2, 0) is 10.3 Å². The topological polar surface area (TPSA) is 56.8 Å².